The molecule has 110 valence electrons. The van der Waals surface area contributed by atoms with E-state index in [-0.39, 0.29) is 6.09 Å². The van der Waals surface area contributed by atoms with Gasteiger partial charge >= 0.3 is 6.09 Å². The molecule has 0 radical (unpaired) electrons. The molecule has 2 rings (SSSR count). The number of hydrogen-bond donors (Lipinski definition) is 1. The predicted octanol–water partition coefficient (Wildman–Crippen LogP) is 1.28. The van der Waals surface area contributed by atoms with Gasteiger partial charge in [-0.3, -0.25) is 4.90 Å². The van der Waals surface area contributed by atoms with Gasteiger partial charge in [0.05, 0.1) is 0 Å². The lowest BCUT2D eigenvalue weighted by Gasteiger charge is -2.27. The Morgan fingerprint density at radius 2 is 1.89 bits per heavy atom. The van der Waals surface area contributed by atoms with Crippen LogP contribution in [0.4, 0.5) is 4.79 Å². The Bertz CT molecular complexity index is 321. The molecule has 2 aliphatic heterocycles. The van der Waals surface area contributed by atoms with E-state index in [2.05, 4.69) is 4.90 Å². The minimum absolute atomic E-state index is 0.201. The molecule has 0 aliphatic carbocycles. The number of carbonyl (C=O) groups is 1. The van der Waals surface area contributed by atoms with E-state index in [1.807, 2.05) is 25.7 Å². The van der Waals surface area contributed by atoms with Crippen LogP contribution in [-0.2, 0) is 4.74 Å². The van der Waals surface area contributed by atoms with Crippen molar-refractivity contribution < 1.29 is 9.53 Å². The Kier molecular flexibility index (Phi) is 4.36. The van der Waals surface area contributed by atoms with Crippen molar-refractivity contribution in [3.8, 4) is 0 Å². The average molecular weight is 269 g/mol. The third-order valence-electron chi connectivity index (χ3n) is 3.97. The molecule has 0 aromatic carbocycles. The molecule has 19 heavy (non-hydrogen) atoms. The lowest BCUT2D eigenvalue weighted by atomic mass is 10.0. The minimum atomic E-state index is -0.430. The number of carbonyl (C=O) groups excluding carboxylic acids is 1. The predicted molar refractivity (Wildman–Crippen MR) is 74.9 cm³/mol. The first-order chi connectivity index (χ1) is 8.90. The van der Waals surface area contributed by atoms with Gasteiger partial charge in [-0.2, -0.15) is 0 Å². The van der Waals surface area contributed by atoms with E-state index >= 15 is 0 Å². The lowest BCUT2D eigenvalue weighted by Crippen LogP contribution is -2.41. The van der Waals surface area contributed by atoms with Crippen LogP contribution < -0.4 is 5.73 Å². The summed E-state index contributed by atoms with van der Waals surface area (Å²) in [6.45, 7) is 10.1. The van der Waals surface area contributed by atoms with Gasteiger partial charge in [-0.1, -0.05) is 0 Å². The molecular weight excluding hydrogens is 242 g/mol. The first kappa shape index (κ1) is 14.6. The van der Waals surface area contributed by atoms with Crippen molar-refractivity contribution in [3.63, 3.8) is 0 Å². The van der Waals surface area contributed by atoms with Crippen LogP contribution >= 0.6 is 0 Å². The van der Waals surface area contributed by atoms with E-state index in [1.165, 1.54) is 12.8 Å². The zero-order chi connectivity index (χ0) is 14.0. The summed E-state index contributed by atoms with van der Waals surface area (Å²) in [6, 6.07) is 0.417. The first-order valence-corrected chi connectivity index (χ1v) is 7.33. The van der Waals surface area contributed by atoms with Gasteiger partial charge in [0.2, 0.25) is 0 Å². The van der Waals surface area contributed by atoms with Crippen LogP contribution in [0, 0.1) is 5.92 Å². The number of nitrogens with zero attached hydrogens (tertiary/aromatic N) is 2. The number of rotatable bonds is 2. The summed E-state index contributed by atoms with van der Waals surface area (Å²) in [4.78, 5) is 16.4. The van der Waals surface area contributed by atoms with Gasteiger partial charge in [-0.25, -0.2) is 4.79 Å². The van der Waals surface area contributed by atoms with Crippen LogP contribution in [0.15, 0.2) is 0 Å². The SMILES string of the molecule is CC(C)(C)OC(=O)N1C[C@@H](CN)[C@H](N2CCCC2)C1. The zero-order valence-electron chi connectivity index (χ0n) is 12.4. The zero-order valence-corrected chi connectivity index (χ0v) is 12.4. The van der Waals surface area contributed by atoms with E-state index < -0.39 is 5.60 Å². The van der Waals surface area contributed by atoms with Gasteiger partial charge in [0.25, 0.3) is 0 Å². The molecule has 2 fully saturated rings. The van der Waals surface area contributed by atoms with E-state index in [0.717, 1.165) is 26.2 Å². The molecule has 0 spiro atoms. The standard InChI is InChI=1S/C14H27N3O2/c1-14(2,3)19-13(18)17-9-11(8-15)12(10-17)16-6-4-5-7-16/h11-12H,4-10,15H2,1-3H3/t11-,12-/m1/s1. The van der Waals surface area contributed by atoms with Crippen molar-refractivity contribution in [3.05, 3.63) is 0 Å². The fraction of sp³-hybridized carbons (Fsp3) is 0.929. The van der Waals surface area contributed by atoms with E-state index in [9.17, 15) is 4.79 Å². The van der Waals surface area contributed by atoms with Crippen LogP contribution in [0.2, 0.25) is 0 Å². The smallest absolute Gasteiger partial charge is 0.410 e. The van der Waals surface area contributed by atoms with Crippen LogP contribution in [-0.4, -0.2) is 60.3 Å². The van der Waals surface area contributed by atoms with Gasteiger partial charge in [0.15, 0.2) is 0 Å². The Morgan fingerprint density at radius 3 is 2.42 bits per heavy atom. The van der Waals surface area contributed by atoms with Crippen molar-refractivity contribution in [1.29, 1.82) is 0 Å². The second kappa shape index (κ2) is 5.67. The molecule has 0 unspecified atom stereocenters. The second-order valence-corrected chi connectivity index (χ2v) is 6.69. The van der Waals surface area contributed by atoms with E-state index in [1.54, 1.807) is 0 Å². The van der Waals surface area contributed by atoms with E-state index in [4.69, 9.17) is 10.5 Å². The highest BCUT2D eigenvalue weighted by atomic mass is 16.6. The third-order valence-corrected chi connectivity index (χ3v) is 3.97. The summed E-state index contributed by atoms with van der Waals surface area (Å²) in [7, 11) is 0. The molecule has 2 N–H and O–H groups in total. The summed E-state index contributed by atoms with van der Waals surface area (Å²) in [5.41, 5.74) is 5.45. The molecule has 2 aliphatic rings. The maximum Gasteiger partial charge on any atom is 0.410 e. The molecule has 5 nitrogen and oxygen atoms in total. The first-order valence-electron chi connectivity index (χ1n) is 7.33. The summed E-state index contributed by atoms with van der Waals surface area (Å²) in [6.07, 6.45) is 2.33. The normalized spacial score (nSPS) is 28.9. The fourth-order valence-corrected chi connectivity index (χ4v) is 3.05. The Balaban J connectivity index is 1.96. The largest absolute Gasteiger partial charge is 0.444 e. The highest BCUT2D eigenvalue weighted by Gasteiger charge is 2.39. The van der Waals surface area contributed by atoms with Crippen LogP contribution in [0.3, 0.4) is 0 Å². The Morgan fingerprint density at radius 1 is 1.26 bits per heavy atom. The van der Waals surface area contributed by atoms with Crippen molar-refractivity contribution >= 4 is 6.09 Å². The van der Waals surface area contributed by atoms with Gasteiger partial charge in [0, 0.05) is 25.0 Å². The number of ether oxygens (including phenoxy) is 1. The molecule has 0 bridgehead atoms. The summed E-state index contributed by atoms with van der Waals surface area (Å²) >= 11 is 0. The van der Waals surface area contributed by atoms with Crippen molar-refractivity contribution in [2.75, 3.05) is 32.7 Å². The maximum absolute atomic E-state index is 12.1. The monoisotopic (exact) mass is 269 g/mol. The van der Waals surface area contributed by atoms with Crippen LogP contribution in [0.25, 0.3) is 0 Å². The second-order valence-electron chi connectivity index (χ2n) is 6.69. The molecule has 0 aromatic rings. The lowest BCUT2D eigenvalue weighted by molar-refractivity contribution is 0.0280. The summed E-state index contributed by atoms with van der Waals surface area (Å²) in [5, 5.41) is 0. The van der Waals surface area contributed by atoms with E-state index in [0.29, 0.717) is 18.5 Å². The highest BCUT2D eigenvalue weighted by molar-refractivity contribution is 5.68. The van der Waals surface area contributed by atoms with Gasteiger partial charge in [-0.05, 0) is 53.2 Å². The van der Waals surface area contributed by atoms with Crippen molar-refractivity contribution in [2.45, 2.75) is 45.3 Å². The quantitative estimate of drug-likeness (QED) is 0.820. The Hall–Kier alpha value is -0.810. The third kappa shape index (κ3) is 3.60. The minimum Gasteiger partial charge on any atom is -0.444 e. The fourth-order valence-electron chi connectivity index (χ4n) is 3.05. The molecule has 1 amide bonds. The maximum atomic E-state index is 12.1. The van der Waals surface area contributed by atoms with Gasteiger partial charge in [-0.15, -0.1) is 0 Å². The number of nitrogens with two attached hydrogens (primary N) is 1. The molecule has 5 heteroatoms. The Labute approximate surface area is 116 Å². The summed E-state index contributed by atoms with van der Waals surface area (Å²) < 4.78 is 5.45. The summed E-state index contributed by atoms with van der Waals surface area (Å²) in [5.74, 6) is 0.380. The molecule has 0 aromatic heterocycles. The molecule has 2 heterocycles. The molecular formula is C14H27N3O2. The topological polar surface area (TPSA) is 58.8 Å². The highest BCUT2D eigenvalue weighted by Crippen LogP contribution is 2.26. The molecule has 0 saturated carbocycles. The van der Waals surface area contributed by atoms with Gasteiger partial charge < -0.3 is 15.4 Å². The number of amides is 1. The van der Waals surface area contributed by atoms with Crippen molar-refractivity contribution in [2.24, 2.45) is 11.7 Å². The number of likely N-dealkylation sites (tertiary alicyclic amines) is 2. The average Bonchev–Trinajstić information content (AvgIpc) is 2.95. The van der Waals surface area contributed by atoms with Crippen LogP contribution in [0.1, 0.15) is 33.6 Å². The van der Waals surface area contributed by atoms with Crippen molar-refractivity contribution in [1.82, 2.24) is 9.80 Å². The van der Waals surface area contributed by atoms with Gasteiger partial charge in [0.1, 0.15) is 5.60 Å². The molecule has 2 saturated heterocycles. The van der Waals surface area contributed by atoms with Crippen LogP contribution in [0.5, 0.6) is 0 Å². The number of hydrogen-bond acceptors (Lipinski definition) is 4. The molecule has 2 atom stereocenters.